The number of anilines is 1. The number of hydrogen-bond donors (Lipinski definition) is 1. The minimum Gasteiger partial charge on any atom is -0.352 e. The third kappa shape index (κ3) is 2.20. The Bertz CT molecular complexity index is 912. The van der Waals surface area contributed by atoms with Gasteiger partial charge in [-0.3, -0.25) is 9.10 Å². The summed E-state index contributed by atoms with van der Waals surface area (Å²) in [5.41, 5.74) is 0.595. The van der Waals surface area contributed by atoms with Crippen LogP contribution in [0.15, 0.2) is 41.3 Å². The Labute approximate surface area is 141 Å². The topological polar surface area (TPSA) is 66.5 Å². The second kappa shape index (κ2) is 5.48. The third-order valence-electron chi connectivity index (χ3n) is 5.05. The number of nitrogens with one attached hydrogen (secondary N) is 1. The first-order valence-corrected chi connectivity index (χ1v) is 9.81. The van der Waals surface area contributed by atoms with E-state index in [0.717, 1.165) is 31.1 Å². The van der Waals surface area contributed by atoms with Crippen LogP contribution in [0.4, 0.5) is 5.69 Å². The Kier molecular flexibility index (Phi) is 3.53. The van der Waals surface area contributed by atoms with Gasteiger partial charge in [0, 0.05) is 11.4 Å². The molecule has 1 unspecified atom stereocenters. The zero-order valence-electron chi connectivity index (χ0n) is 13.5. The van der Waals surface area contributed by atoms with Gasteiger partial charge in [0.1, 0.15) is 6.04 Å². The quantitative estimate of drug-likeness (QED) is 0.931. The smallest absolute Gasteiger partial charge is 0.265 e. The first-order valence-electron chi connectivity index (χ1n) is 8.37. The molecule has 24 heavy (non-hydrogen) atoms. The van der Waals surface area contributed by atoms with Crippen molar-refractivity contribution in [2.45, 2.75) is 49.6 Å². The van der Waals surface area contributed by atoms with Gasteiger partial charge in [-0.25, -0.2) is 8.42 Å². The number of carbonyl (C=O) groups is 1. The van der Waals surface area contributed by atoms with Crippen molar-refractivity contribution in [3.8, 4) is 0 Å². The average Bonchev–Trinajstić information content (AvgIpc) is 3.14. The molecule has 2 aromatic rings. The van der Waals surface area contributed by atoms with Crippen LogP contribution in [0.3, 0.4) is 0 Å². The average molecular weight is 344 g/mol. The minimum absolute atomic E-state index is 0.170. The van der Waals surface area contributed by atoms with Crippen LogP contribution in [0.5, 0.6) is 0 Å². The maximum atomic E-state index is 13.0. The van der Waals surface area contributed by atoms with Crippen molar-refractivity contribution in [2.24, 2.45) is 0 Å². The highest BCUT2D eigenvalue weighted by Crippen LogP contribution is 2.43. The van der Waals surface area contributed by atoms with Gasteiger partial charge in [0.2, 0.25) is 5.91 Å². The Morgan fingerprint density at radius 3 is 2.54 bits per heavy atom. The molecule has 1 fully saturated rings. The van der Waals surface area contributed by atoms with Gasteiger partial charge in [0.25, 0.3) is 10.0 Å². The van der Waals surface area contributed by atoms with E-state index in [9.17, 15) is 13.2 Å². The molecule has 0 radical (unpaired) electrons. The fourth-order valence-corrected chi connectivity index (χ4v) is 5.70. The predicted molar refractivity (Wildman–Crippen MR) is 93.5 cm³/mol. The first-order chi connectivity index (χ1) is 11.5. The van der Waals surface area contributed by atoms with Crippen molar-refractivity contribution in [1.29, 1.82) is 0 Å². The number of rotatable bonds is 3. The van der Waals surface area contributed by atoms with Crippen LogP contribution >= 0.6 is 0 Å². The van der Waals surface area contributed by atoms with Gasteiger partial charge in [-0.15, -0.1) is 0 Å². The second-order valence-electron chi connectivity index (χ2n) is 6.60. The molecule has 1 atom stereocenters. The monoisotopic (exact) mass is 344 g/mol. The molecule has 0 saturated heterocycles. The van der Waals surface area contributed by atoms with E-state index < -0.39 is 16.1 Å². The van der Waals surface area contributed by atoms with E-state index >= 15 is 0 Å². The van der Waals surface area contributed by atoms with Gasteiger partial charge in [0.15, 0.2) is 0 Å². The predicted octanol–water partition coefficient (Wildman–Crippen LogP) is 2.80. The van der Waals surface area contributed by atoms with E-state index in [4.69, 9.17) is 0 Å². The molecule has 1 heterocycles. The lowest BCUT2D eigenvalue weighted by molar-refractivity contribution is -0.122. The summed E-state index contributed by atoms with van der Waals surface area (Å²) >= 11 is 0. The molecule has 1 saturated carbocycles. The maximum absolute atomic E-state index is 13.0. The molecule has 4 rings (SSSR count). The van der Waals surface area contributed by atoms with Crippen LogP contribution in [0, 0.1) is 0 Å². The standard InChI is InChI=1S/C18H20N2O3S/c1-12(18(21)19-14-8-2-3-9-14)20-15-10-4-6-13-7-5-11-16(17(13)15)24(20,22)23/h4-7,10-12,14H,2-3,8-9H2,1H3,(H,19,21). The van der Waals surface area contributed by atoms with E-state index in [2.05, 4.69) is 5.32 Å². The van der Waals surface area contributed by atoms with Crippen molar-refractivity contribution >= 4 is 32.4 Å². The van der Waals surface area contributed by atoms with Gasteiger partial charge in [-0.05, 0) is 37.3 Å². The molecule has 0 bridgehead atoms. The lowest BCUT2D eigenvalue weighted by atomic mass is 10.1. The maximum Gasteiger partial charge on any atom is 0.265 e. The number of benzene rings is 2. The highest BCUT2D eigenvalue weighted by atomic mass is 32.2. The van der Waals surface area contributed by atoms with Crippen molar-refractivity contribution in [1.82, 2.24) is 5.32 Å². The number of carbonyl (C=O) groups excluding carboxylic acids is 1. The SMILES string of the molecule is CC(C(=O)NC1CCCC1)N1c2cccc3cccc(c23)S1(=O)=O. The molecule has 2 aliphatic rings. The highest BCUT2D eigenvalue weighted by molar-refractivity contribution is 7.93. The first kappa shape index (κ1) is 15.4. The number of amides is 1. The van der Waals surface area contributed by atoms with Crippen LogP contribution in [-0.2, 0) is 14.8 Å². The van der Waals surface area contributed by atoms with E-state index in [1.165, 1.54) is 4.31 Å². The molecular formula is C18H20N2O3S. The minimum atomic E-state index is -3.70. The van der Waals surface area contributed by atoms with Crippen LogP contribution in [0.25, 0.3) is 10.8 Å². The molecule has 1 amide bonds. The summed E-state index contributed by atoms with van der Waals surface area (Å²) in [6.45, 7) is 1.66. The summed E-state index contributed by atoms with van der Waals surface area (Å²) in [6, 6.07) is 10.1. The van der Waals surface area contributed by atoms with E-state index in [0.29, 0.717) is 11.1 Å². The van der Waals surface area contributed by atoms with Crippen LogP contribution in [-0.4, -0.2) is 26.4 Å². The molecule has 1 aliphatic heterocycles. The molecule has 1 aliphatic carbocycles. The molecular weight excluding hydrogens is 324 g/mol. The summed E-state index contributed by atoms with van der Waals surface area (Å²) in [5.74, 6) is -0.227. The zero-order chi connectivity index (χ0) is 16.9. The Balaban J connectivity index is 1.73. The molecule has 1 N–H and O–H groups in total. The normalized spacial score (nSPS) is 20.5. The molecule has 2 aromatic carbocycles. The summed E-state index contributed by atoms with van der Waals surface area (Å²) in [5, 5.41) is 4.59. The fraction of sp³-hybridized carbons (Fsp3) is 0.389. The van der Waals surface area contributed by atoms with Gasteiger partial charge in [0.05, 0.1) is 10.6 Å². The van der Waals surface area contributed by atoms with Gasteiger partial charge in [-0.2, -0.15) is 0 Å². The molecule has 6 heteroatoms. The van der Waals surface area contributed by atoms with Gasteiger partial charge in [-0.1, -0.05) is 37.1 Å². The van der Waals surface area contributed by atoms with Crippen LogP contribution < -0.4 is 9.62 Å². The van der Waals surface area contributed by atoms with E-state index in [1.54, 1.807) is 25.1 Å². The summed E-state index contributed by atoms with van der Waals surface area (Å²) in [4.78, 5) is 12.9. The Morgan fingerprint density at radius 1 is 1.17 bits per heavy atom. The van der Waals surface area contributed by atoms with E-state index in [-0.39, 0.29) is 16.8 Å². The van der Waals surface area contributed by atoms with Crippen molar-refractivity contribution in [2.75, 3.05) is 4.31 Å². The lowest BCUT2D eigenvalue weighted by Gasteiger charge is -2.26. The lowest BCUT2D eigenvalue weighted by Crippen LogP contribution is -2.49. The summed E-state index contributed by atoms with van der Waals surface area (Å²) in [6.07, 6.45) is 4.18. The molecule has 126 valence electrons. The van der Waals surface area contributed by atoms with Crippen LogP contribution in [0.2, 0.25) is 0 Å². The van der Waals surface area contributed by atoms with E-state index in [1.807, 2.05) is 18.2 Å². The number of hydrogen-bond acceptors (Lipinski definition) is 3. The molecule has 5 nitrogen and oxygen atoms in total. The fourth-order valence-electron chi connectivity index (χ4n) is 3.84. The van der Waals surface area contributed by atoms with Gasteiger partial charge >= 0.3 is 0 Å². The largest absolute Gasteiger partial charge is 0.352 e. The van der Waals surface area contributed by atoms with Gasteiger partial charge < -0.3 is 5.32 Å². The third-order valence-corrected chi connectivity index (χ3v) is 6.98. The molecule has 0 spiro atoms. The molecule has 0 aromatic heterocycles. The number of sulfonamides is 1. The Hall–Kier alpha value is -2.08. The second-order valence-corrected chi connectivity index (χ2v) is 8.38. The summed E-state index contributed by atoms with van der Waals surface area (Å²) < 4.78 is 27.3. The van der Waals surface area contributed by atoms with Crippen molar-refractivity contribution < 1.29 is 13.2 Å². The zero-order valence-corrected chi connectivity index (χ0v) is 14.3. The Morgan fingerprint density at radius 2 is 1.83 bits per heavy atom. The number of nitrogens with zero attached hydrogens (tertiary/aromatic N) is 1. The van der Waals surface area contributed by atoms with Crippen molar-refractivity contribution in [3.05, 3.63) is 36.4 Å². The van der Waals surface area contributed by atoms with Crippen LogP contribution in [0.1, 0.15) is 32.6 Å². The highest BCUT2D eigenvalue weighted by Gasteiger charge is 2.41. The van der Waals surface area contributed by atoms with Crippen molar-refractivity contribution in [3.63, 3.8) is 0 Å². The summed E-state index contributed by atoms with van der Waals surface area (Å²) in [7, 11) is -3.70.